The summed E-state index contributed by atoms with van der Waals surface area (Å²) in [6.45, 7) is 8.44. The Bertz CT molecular complexity index is 1480. The quantitative estimate of drug-likeness (QED) is 0.361. The zero-order valence-electron chi connectivity index (χ0n) is 22.6. The van der Waals surface area contributed by atoms with Crippen LogP contribution in [0.4, 0.5) is 17.1 Å². The molecule has 2 heterocycles. The summed E-state index contributed by atoms with van der Waals surface area (Å²) < 4.78 is 27.6. The molecule has 9 heteroatoms. The molecule has 3 N–H and O–H groups in total. The zero-order valence-corrected chi connectivity index (χ0v) is 23.4. The molecular formula is C30H35N5O3S. The van der Waals surface area contributed by atoms with Crippen molar-refractivity contribution in [3.8, 4) is 0 Å². The maximum atomic E-state index is 13.3. The summed E-state index contributed by atoms with van der Waals surface area (Å²) in [6, 6.07) is 23.1. The summed E-state index contributed by atoms with van der Waals surface area (Å²) >= 11 is 0. The first kappa shape index (κ1) is 26.9. The number of fused-ring (bicyclic) bond motifs is 1. The second-order valence-corrected chi connectivity index (χ2v) is 12.7. The van der Waals surface area contributed by atoms with E-state index >= 15 is 0 Å². The third-order valence-electron chi connectivity index (χ3n) is 7.18. The van der Waals surface area contributed by atoms with Crippen molar-refractivity contribution in [1.29, 1.82) is 0 Å². The van der Waals surface area contributed by atoms with Crippen LogP contribution in [0.25, 0.3) is 11.3 Å². The van der Waals surface area contributed by atoms with E-state index in [2.05, 4.69) is 44.3 Å². The van der Waals surface area contributed by atoms with E-state index in [-0.39, 0.29) is 5.91 Å². The van der Waals surface area contributed by atoms with Crippen LogP contribution in [0.1, 0.15) is 30.5 Å². The molecule has 39 heavy (non-hydrogen) atoms. The smallest absolute Gasteiger partial charge is 0.258 e. The number of carbonyl (C=O) groups excluding carboxylic acids is 1. The highest BCUT2D eigenvalue weighted by molar-refractivity contribution is 7.93. The Morgan fingerprint density at radius 2 is 1.59 bits per heavy atom. The van der Waals surface area contributed by atoms with E-state index in [0.29, 0.717) is 28.2 Å². The molecule has 8 nitrogen and oxygen atoms in total. The number of nitrogens with one attached hydrogen (secondary N) is 3. The molecule has 3 aromatic rings. The van der Waals surface area contributed by atoms with Crippen LogP contribution >= 0.6 is 0 Å². The Kier molecular flexibility index (Phi) is 7.74. The number of amides is 1. The number of piperazine rings is 1. The van der Waals surface area contributed by atoms with Crippen LogP contribution in [0.3, 0.4) is 0 Å². The number of benzene rings is 3. The first-order valence-corrected chi connectivity index (χ1v) is 14.8. The molecule has 1 saturated heterocycles. The van der Waals surface area contributed by atoms with Gasteiger partial charge in [0.15, 0.2) is 0 Å². The van der Waals surface area contributed by atoms with E-state index in [9.17, 15) is 13.2 Å². The van der Waals surface area contributed by atoms with Crippen molar-refractivity contribution in [1.82, 2.24) is 9.80 Å². The highest BCUT2D eigenvalue weighted by atomic mass is 32.2. The topological polar surface area (TPSA) is 93.8 Å². The van der Waals surface area contributed by atoms with E-state index in [1.54, 1.807) is 32.0 Å². The van der Waals surface area contributed by atoms with Crippen LogP contribution in [0, 0.1) is 0 Å². The van der Waals surface area contributed by atoms with E-state index in [0.717, 1.165) is 44.0 Å². The maximum Gasteiger partial charge on any atom is 0.258 e. The summed E-state index contributed by atoms with van der Waals surface area (Å²) in [5, 5.41) is 5.84. The lowest BCUT2D eigenvalue weighted by Gasteiger charge is -2.32. The number of rotatable bonds is 8. The Hall–Kier alpha value is -3.66. The van der Waals surface area contributed by atoms with Crippen LogP contribution in [-0.4, -0.2) is 62.6 Å². The third-order valence-corrected chi connectivity index (χ3v) is 8.94. The Labute approximate surface area is 230 Å². The van der Waals surface area contributed by atoms with Gasteiger partial charge in [-0.25, -0.2) is 8.42 Å². The summed E-state index contributed by atoms with van der Waals surface area (Å²) in [4.78, 5) is 18.1. The van der Waals surface area contributed by atoms with Gasteiger partial charge in [0, 0.05) is 55.3 Å². The number of nitrogens with zero attached hydrogens (tertiary/aromatic N) is 2. The number of sulfonamides is 1. The monoisotopic (exact) mass is 545 g/mol. The van der Waals surface area contributed by atoms with Gasteiger partial charge in [-0.2, -0.15) is 0 Å². The predicted octanol–water partition coefficient (Wildman–Crippen LogP) is 4.52. The van der Waals surface area contributed by atoms with Crippen LogP contribution in [0.5, 0.6) is 0 Å². The minimum absolute atomic E-state index is 0.244. The number of carbonyl (C=O) groups is 1. The fourth-order valence-electron chi connectivity index (χ4n) is 4.75. The Morgan fingerprint density at radius 3 is 2.26 bits per heavy atom. The molecule has 0 bridgehead atoms. The standard InChI is InChI=1S/C30H35N5O3S/c1-21(2)39(37,38)33-25-13-14-27-26(19-25)28(30(36)32-27)29(23-7-5-4-6-8-23)31-24-11-9-22(10-12-24)20-35-17-15-34(3)16-18-35/h4-14,19,21,31,33H,15-18,20H2,1-3H3,(H,32,36)/b29-28-. The fourth-order valence-corrected chi connectivity index (χ4v) is 5.44. The van der Waals surface area contributed by atoms with Crippen LogP contribution in [0.2, 0.25) is 0 Å². The van der Waals surface area contributed by atoms with Crippen molar-refractivity contribution in [2.45, 2.75) is 25.6 Å². The van der Waals surface area contributed by atoms with Crippen molar-refractivity contribution in [2.75, 3.05) is 48.6 Å². The van der Waals surface area contributed by atoms with Crippen LogP contribution in [0.15, 0.2) is 72.8 Å². The highest BCUT2D eigenvalue weighted by Crippen LogP contribution is 2.39. The molecule has 0 spiro atoms. The van der Waals surface area contributed by atoms with Gasteiger partial charge in [-0.15, -0.1) is 0 Å². The Morgan fingerprint density at radius 1 is 0.923 bits per heavy atom. The summed E-state index contributed by atoms with van der Waals surface area (Å²) in [5.74, 6) is -0.244. The van der Waals surface area contributed by atoms with Gasteiger partial charge < -0.3 is 15.5 Å². The number of hydrogen-bond donors (Lipinski definition) is 3. The van der Waals surface area contributed by atoms with Gasteiger partial charge in [-0.05, 0) is 62.4 Å². The molecule has 0 atom stereocenters. The number of hydrogen-bond acceptors (Lipinski definition) is 6. The summed E-state index contributed by atoms with van der Waals surface area (Å²) in [7, 11) is -1.37. The predicted molar refractivity (Wildman–Crippen MR) is 159 cm³/mol. The van der Waals surface area contributed by atoms with Crippen molar-refractivity contribution >= 4 is 44.3 Å². The molecule has 3 aromatic carbocycles. The van der Waals surface area contributed by atoms with Crippen LogP contribution in [-0.2, 0) is 21.4 Å². The van der Waals surface area contributed by atoms with E-state index in [1.165, 1.54) is 5.56 Å². The highest BCUT2D eigenvalue weighted by Gasteiger charge is 2.29. The molecule has 0 unspecified atom stereocenters. The second kappa shape index (κ2) is 11.2. The normalized spacial score (nSPS) is 17.6. The molecular weight excluding hydrogens is 510 g/mol. The van der Waals surface area contributed by atoms with Gasteiger partial charge in [0.25, 0.3) is 5.91 Å². The largest absolute Gasteiger partial charge is 0.354 e. The lowest BCUT2D eigenvalue weighted by Crippen LogP contribution is -2.43. The molecule has 2 aliphatic heterocycles. The number of likely N-dealkylation sites (N-methyl/N-ethyl adjacent to an activating group) is 1. The van der Waals surface area contributed by atoms with Gasteiger partial charge in [0.1, 0.15) is 0 Å². The van der Waals surface area contributed by atoms with E-state index in [1.807, 2.05) is 42.5 Å². The molecule has 5 rings (SSSR count). The number of anilines is 3. The third kappa shape index (κ3) is 6.16. The average Bonchev–Trinajstić information content (AvgIpc) is 3.24. The lowest BCUT2D eigenvalue weighted by molar-refractivity contribution is -0.110. The van der Waals surface area contributed by atoms with Gasteiger partial charge in [0.05, 0.1) is 16.5 Å². The molecule has 0 aliphatic carbocycles. The minimum Gasteiger partial charge on any atom is -0.354 e. The second-order valence-electron chi connectivity index (χ2n) is 10.4. The van der Waals surface area contributed by atoms with E-state index < -0.39 is 15.3 Å². The van der Waals surface area contributed by atoms with Crippen LogP contribution < -0.4 is 15.4 Å². The molecule has 2 aliphatic rings. The van der Waals surface area contributed by atoms with Crippen molar-refractivity contribution in [3.05, 3.63) is 89.5 Å². The first-order valence-electron chi connectivity index (χ1n) is 13.2. The average molecular weight is 546 g/mol. The van der Waals surface area contributed by atoms with E-state index in [4.69, 9.17) is 0 Å². The lowest BCUT2D eigenvalue weighted by atomic mass is 9.99. The van der Waals surface area contributed by atoms with Gasteiger partial charge in [0.2, 0.25) is 10.0 Å². The summed E-state index contributed by atoms with van der Waals surface area (Å²) in [5.41, 5.74) is 5.77. The molecule has 1 fully saturated rings. The molecule has 204 valence electrons. The molecule has 1 amide bonds. The van der Waals surface area contributed by atoms with Gasteiger partial charge in [-0.1, -0.05) is 42.5 Å². The van der Waals surface area contributed by atoms with Crippen molar-refractivity contribution in [3.63, 3.8) is 0 Å². The van der Waals surface area contributed by atoms with Crippen molar-refractivity contribution < 1.29 is 13.2 Å². The first-order chi connectivity index (χ1) is 18.7. The SMILES string of the molecule is CC(C)S(=O)(=O)Nc1ccc2c(c1)/C(=C(/Nc1ccc(CN3CCN(C)CC3)cc1)c1ccccc1)C(=O)N2. The zero-order chi connectivity index (χ0) is 27.6. The van der Waals surface area contributed by atoms with Gasteiger partial charge in [-0.3, -0.25) is 14.4 Å². The summed E-state index contributed by atoms with van der Waals surface area (Å²) in [6.07, 6.45) is 0. The maximum absolute atomic E-state index is 13.3. The Balaban J connectivity index is 1.47. The molecule has 0 aromatic heterocycles. The fraction of sp³-hybridized carbons (Fsp3) is 0.300. The molecule has 0 radical (unpaired) electrons. The van der Waals surface area contributed by atoms with Gasteiger partial charge >= 0.3 is 0 Å². The molecule has 0 saturated carbocycles. The minimum atomic E-state index is -3.53. The van der Waals surface area contributed by atoms with Crippen molar-refractivity contribution in [2.24, 2.45) is 0 Å².